The first-order chi connectivity index (χ1) is 15.7. The molecule has 2 heterocycles. The molecule has 0 spiro atoms. The monoisotopic (exact) mass is 472 g/mol. The van der Waals surface area contributed by atoms with Gasteiger partial charge >= 0.3 is 12.1 Å². The molecule has 2 aliphatic rings. The quantitative estimate of drug-likeness (QED) is 0.357. The Bertz CT molecular complexity index is 1040. The number of nitrogens with zero attached hydrogens (tertiary/aromatic N) is 4. The Morgan fingerprint density at radius 2 is 1.79 bits per heavy atom. The topological polar surface area (TPSA) is 84.9 Å². The highest BCUT2D eigenvalue weighted by Crippen LogP contribution is 2.36. The van der Waals surface area contributed by atoms with Gasteiger partial charge in [0.25, 0.3) is 0 Å². The van der Waals surface area contributed by atoms with Gasteiger partial charge in [-0.2, -0.15) is 0 Å². The predicted molar refractivity (Wildman–Crippen MR) is 129 cm³/mol. The summed E-state index contributed by atoms with van der Waals surface area (Å²) in [6, 6.07) is 4.20. The van der Waals surface area contributed by atoms with Gasteiger partial charge in [-0.3, -0.25) is 0 Å². The molecule has 8 nitrogen and oxygen atoms in total. The lowest BCUT2D eigenvalue weighted by Crippen LogP contribution is -2.50. The van der Waals surface area contributed by atoms with Gasteiger partial charge in [0.15, 0.2) is 5.16 Å². The molecule has 1 aliphatic heterocycles. The molecule has 0 N–H and O–H groups in total. The van der Waals surface area contributed by atoms with Crippen LogP contribution in [0.4, 0.5) is 10.5 Å². The molecule has 0 bridgehead atoms. The molecule has 1 aromatic carbocycles. The molecule has 4 rings (SSSR count). The van der Waals surface area contributed by atoms with Crippen molar-refractivity contribution in [2.24, 2.45) is 0 Å². The van der Waals surface area contributed by atoms with Gasteiger partial charge in [0, 0.05) is 42.4 Å². The van der Waals surface area contributed by atoms with E-state index in [1.807, 2.05) is 38.0 Å². The van der Waals surface area contributed by atoms with Crippen LogP contribution in [0.25, 0.3) is 10.9 Å². The summed E-state index contributed by atoms with van der Waals surface area (Å²) in [5.74, 6) is -0.409. The van der Waals surface area contributed by atoms with Crippen LogP contribution in [0, 0.1) is 0 Å². The van der Waals surface area contributed by atoms with Gasteiger partial charge in [0.1, 0.15) is 5.60 Å². The number of carbonyl (C=O) groups excluding carboxylic acids is 2. The van der Waals surface area contributed by atoms with Crippen LogP contribution < -0.4 is 4.90 Å². The zero-order valence-electron chi connectivity index (χ0n) is 20.0. The van der Waals surface area contributed by atoms with Gasteiger partial charge in [-0.1, -0.05) is 11.8 Å². The minimum Gasteiger partial charge on any atom is -0.465 e. The highest BCUT2D eigenvalue weighted by Gasteiger charge is 2.40. The van der Waals surface area contributed by atoms with E-state index in [0.29, 0.717) is 22.3 Å². The summed E-state index contributed by atoms with van der Waals surface area (Å²) >= 11 is 1.43. The van der Waals surface area contributed by atoms with E-state index in [9.17, 15) is 9.59 Å². The van der Waals surface area contributed by atoms with Crippen LogP contribution in [-0.2, 0) is 9.47 Å². The van der Waals surface area contributed by atoms with Crippen LogP contribution in [-0.4, -0.2) is 71.1 Å². The lowest BCUT2D eigenvalue weighted by atomic mass is 10.0. The third kappa shape index (κ3) is 5.18. The van der Waals surface area contributed by atoms with Gasteiger partial charge < -0.3 is 19.3 Å². The number of thioether (sulfide) groups is 1. The molecule has 1 aromatic heterocycles. The molecule has 1 saturated carbocycles. The summed E-state index contributed by atoms with van der Waals surface area (Å²) in [4.78, 5) is 38.5. The number of methoxy groups -OCH3 is 1. The number of benzene rings is 1. The Morgan fingerprint density at radius 3 is 2.36 bits per heavy atom. The van der Waals surface area contributed by atoms with E-state index in [0.717, 1.165) is 49.8 Å². The van der Waals surface area contributed by atoms with Crippen molar-refractivity contribution in [3.8, 4) is 0 Å². The molecule has 0 atom stereocenters. The summed E-state index contributed by atoms with van der Waals surface area (Å²) < 4.78 is 10.7. The molecule has 2 fully saturated rings. The Labute approximate surface area is 199 Å². The smallest absolute Gasteiger partial charge is 0.410 e. The number of esters is 1. The van der Waals surface area contributed by atoms with Gasteiger partial charge in [0.2, 0.25) is 0 Å². The van der Waals surface area contributed by atoms with Crippen molar-refractivity contribution >= 4 is 40.4 Å². The molecular formula is C24H32N4O4S. The predicted octanol–water partition coefficient (Wildman–Crippen LogP) is 4.51. The molecule has 9 heteroatoms. The minimum atomic E-state index is -0.499. The van der Waals surface area contributed by atoms with Crippen molar-refractivity contribution in [3.05, 3.63) is 23.9 Å². The fourth-order valence-electron chi connectivity index (χ4n) is 4.39. The molecule has 0 radical (unpaired) electrons. The average Bonchev–Trinajstić information content (AvgIpc) is 3.62. The maximum absolute atomic E-state index is 12.9. The van der Waals surface area contributed by atoms with Gasteiger partial charge in [-0.25, -0.2) is 19.6 Å². The number of amides is 1. The minimum absolute atomic E-state index is 0.170. The number of hydrogen-bond donors (Lipinski definition) is 0. The van der Waals surface area contributed by atoms with E-state index in [4.69, 9.17) is 9.47 Å². The summed E-state index contributed by atoms with van der Waals surface area (Å²) in [6.07, 6.45) is 7.32. The van der Waals surface area contributed by atoms with Crippen LogP contribution in [0.3, 0.4) is 0 Å². The number of hydrogen-bond acceptors (Lipinski definition) is 8. The first-order valence-corrected chi connectivity index (χ1v) is 12.6. The van der Waals surface area contributed by atoms with Gasteiger partial charge in [0.05, 0.1) is 18.2 Å². The second-order valence-electron chi connectivity index (χ2n) is 9.58. The standard InChI is InChI=1S/C24H32N4O4S/c1-24(2,3)32-23(30)28(15-6-7-15)16-10-12-27(13-11-16)19-9-8-17(21(29)31-4)20-18(19)14-25-22(26-20)33-5/h8-9,14-16H,6-7,10-13H2,1-5H3. The SMILES string of the molecule is COC(=O)c1ccc(N2CCC(N(C(=O)OC(C)(C)C)C3CC3)CC2)c2cnc(SC)nc12. The number of anilines is 1. The van der Waals surface area contributed by atoms with Crippen LogP contribution in [0.1, 0.15) is 56.8 Å². The zero-order chi connectivity index (χ0) is 23.8. The van der Waals surface area contributed by atoms with Crippen molar-refractivity contribution in [3.63, 3.8) is 0 Å². The highest BCUT2D eigenvalue weighted by molar-refractivity contribution is 7.98. The highest BCUT2D eigenvalue weighted by atomic mass is 32.2. The second-order valence-corrected chi connectivity index (χ2v) is 10.4. The maximum Gasteiger partial charge on any atom is 0.410 e. The molecule has 1 aliphatic carbocycles. The van der Waals surface area contributed by atoms with Crippen molar-refractivity contribution in [1.29, 1.82) is 0 Å². The third-order valence-electron chi connectivity index (χ3n) is 6.04. The zero-order valence-corrected chi connectivity index (χ0v) is 20.8. The van der Waals surface area contributed by atoms with Gasteiger partial charge in [-0.05, 0) is 64.8 Å². The Hall–Kier alpha value is -2.55. The lowest BCUT2D eigenvalue weighted by Gasteiger charge is -2.40. The number of rotatable bonds is 5. The number of carbonyl (C=O) groups is 2. The number of piperidine rings is 1. The molecule has 178 valence electrons. The first kappa shape index (κ1) is 23.6. The van der Waals surface area contributed by atoms with E-state index in [-0.39, 0.29) is 12.1 Å². The average molecular weight is 473 g/mol. The summed E-state index contributed by atoms with van der Waals surface area (Å²) in [5.41, 5.74) is 1.54. The fourth-order valence-corrected chi connectivity index (χ4v) is 4.73. The molecule has 0 unspecified atom stereocenters. The molecule has 2 aromatic rings. The summed E-state index contributed by atoms with van der Waals surface area (Å²) in [7, 11) is 1.37. The van der Waals surface area contributed by atoms with Crippen LogP contribution in [0.5, 0.6) is 0 Å². The van der Waals surface area contributed by atoms with E-state index in [2.05, 4.69) is 14.9 Å². The number of ether oxygens (including phenoxy) is 2. The van der Waals surface area contributed by atoms with Crippen molar-refractivity contribution in [2.75, 3.05) is 31.4 Å². The molecular weight excluding hydrogens is 440 g/mol. The van der Waals surface area contributed by atoms with Gasteiger partial charge in [-0.15, -0.1) is 0 Å². The lowest BCUT2D eigenvalue weighted by molar-refractivity contribution is 0.0113. The van der Waals surface area contributed by atoms with E-state index in [1.165, 1.54) is 18.9 Å². The van der Waals surface area contributed by atoms with Crippen molar-refractivity contribution < 1.29 is 19.1 Å². The Balaban J connectivity index is 1.55. The Morgan fingerprint density at radius 1 is 1.12 bits per heavy atom. The number of fused-ring (bicyclic) bond motifs is 1. The van der Waals surface area contributed by atoms with Crippen LogP contribution in [0.2, 0.25) is 0 Å². The first-order valence-electron chi connectivity index (χ1n) is 11.4. The van der Waals surface area contributed by atoms with Crippen molar-refractivity contribution in [1.82, 2.24) is 14.9 Å². The maximum atomic E-state index is 12.9. The summed E-state index contributed by atoms with van der Waals surface area (Å²) in [6.45, 7) is 7.33. The van der Waals surface area contributed by atoms with E-state index >= 15 is 0 Å². The third-order valence-corrected chi connectivity index (χ3v) is 6.60. The second kappa shape index (κ2) is 9.37. The molecule has 1 saturated heterocycles. The molecule has 33 heavy (non-hydrogen) atoms. The molecule has 1 amide bonds. The van der Waals surface area contributed by atoms with Crippen molar-refractivity contribution in [2.45, 2.75) is 69.3 Å². The van der Waals surface area contributed by atoms with E-state index < -0.39 is 11.6 Å². The Kier molecular flexibility index (Phi) is 6.70. The fraction of sp³-hybridized carbons (Fsp3) is 0.583. The number of aromatic nitrogens is 2. The van der Waals surface area contributed by atoms with Crippen LogP contribution >= 0.6 is 11.8 Å². The van der Waals surface area contributed by atoms with E-state index in [1.54, 1.807) is 12.3 Å². The normalized spacial score (nSPS) is 17.2. The summed E-state index contributed by atoms with van der Waals surface area (Å²) in [5, 5.41) is 1.45. The largest absolute Gasteiger partial charge is 0.465 e. The van der Waals surface area contributed by atoms with Crippen LogP contribution in [0.15, 0.2) is 23.5 Å².